The molecule has 20 nitrogen and oxygen atoms in total. The molecule has 0 bridgehead atoms. The Labute approximate surface area is 319 Å². The van der Waals surface area contributed by atoms with Crippen molar-refractivity contribution in [2.24, 2.45) is 22.7 Å². The van der Waals surface area contributed by atoms with Crippen molar-refractivity contribution >= 4 is 56.1 Å². The standard InChI is InChI=1S/C33H41N9O11S2/c1-33(2)23(30(45)42(33)53-55(48,49)50)10-26(43)28(24-18-54-32(35)37-24)38-52-27(31(46)47)17-51-22-6-4-20(5-7-22)29(44)39-14-21-15-40(13-19-11-36-12-19)41(9-3-8-34)25(21)16-39/h4-7,15,18-19,23,27,36H,3,8-14,16-17,34H2,1-2H3,(H3-,35,37,46,47,48,49,50)/p+1/b38-28-/t23-,27+/m1/s1. The number of benzene rings is 1. The van der Waals surface area contributed by atoms with Crippen molar-refractivity contribution in [3.8, 4) is 5.75 Å². The van der Waals surface area contributed by atoms with Crippen molar-refractivity contribution < 1.29 is 55.8 Å². The Balaban J connectivity index is 1.08. The van der Waals surface area contributed by atoms with Crippen LogP contribution in [-0.2, 0) is 60.1 Å². The van der Waals surface area contributed by atoms with E-state index >= 15 is 0 Å². The number of amides is 2. The lowest BCUT2D eigenvalue weighted by Gasteiger charge is -2.50. The number of nitrogens with one attached hydrogen (secondary N) is 1. The largest absolute Gasteiger partial charge is 0.489 e. The number of rotatable bonds is 18. The van der Waals surface area contributed by atoms with Crippen LogP contribution in [0.25, 0.3) is 0 Å². The lowest BCUT2D eigenvalue weighted by molar-refractivity contribution is -0.782. The predicted molar refractivity (Wildman–Crippen MR) is 192 cm³/mol. The van der Waals surface area contributed by atoms with Crippen molar-refractivity contribution in [2.45, 2.75) is 64.5 Å². The van der Waals surface area contributed by atoms with Gasteiger partial charge in [0, 0.05) is 36.4 Å². The summed E-state index contributed by atoms with van der Waals surface area (Å²) in [6.07, 6.45) is 0.713. The van der Waals surface area contributed by atoms with Gasteiger partial charge in [-0.1, -0.05) is 5.16 Å². The van der Waals surface area contributed by atoms with Crippen LogP contribution in [0.2, 0.25) is 0 Å². The molecule has 0 unspecified atom stereocenters. The second-order valence-corrected chi connectivity index (χ2v) is 15.8. The van der Waals surface area contributed by atoms with Gasteiger partial charge in [0.15, 0.2) is 23.2 Å². The van der Waals surface area contributed by atoms with Crippen LogP contribution in [0, 0.1) is 11.8 Å². The number of β-lactam (4-membered cyclic amide) rings is 1. The molecule has 2 atom stereocenters. The van der Waals surface area contributed by atoms with Gasteiger partial charge in [-0.2, -0.15) is 18.2 Å². The number of hydrogen-bond donors (Lipinski definition) is 5. The number of oxime groups is 1. The van der Waals surface area contributed by atoms with E-state index in [0.29, 0.717) is 36.2 Å². The fourth-order valence-corrected chi connectivity index (χ4v) is 7.54. The molecule has 3 aliphatic rings. The highest BCUT2D eigenvalue weighted by Crippen LogP contribution is 2.40. The van der Waals surface area contributed by atoms with Gasteiger partial charge < -0.3 is 36.4 Å². The number of nitrogens with zero attached hydrogens (tertiary/aromatic N) is 6. The number of carbonyl (C=O) groups is 4. The van der Waals surface area contributed by atoms with E-state index in [-0.39, 0.29) is 22.5 Å². The van der Waals surface area contributed by atoms with Crippen molar-refractivity contribution in [3.63, 3.8) is 0 Å². The Morgan fingerprint density at radius 1 is 1.20 bits per heavy atom. The van der Waals surface area contributed by atoms with Crippen molar-refractivity contribution in [1.82, 2.24) is 24.9 Å². The van der Waals surface area contributed by atoms with E-state index in [0.717, 1.165) is 55.2 Å². The SMILES string of the molecule is CC1(C)[C@H](CC(=O)/C(=N\O[C@@H](COc2ccc(C(=O)N3Cc4c[n+](CC5CNC5)n(CCCN)c4C3)cc2)C(=O)O)c2csc(N)n2)C(=O)N1OS(=O)(=O)O. The topological polar surface area (TPSA) is 275 Å². The van der Waals surface area contributed by atoms with Crippen LogP contribution in [0.3, 0.4) is 0 Å². The first-order valence-electron chi connectivity index (χ1n) is 17.3. The molecule has 2 saturated heterocycles. The molecular weight excluding hydrogens is 763 g/mol. The number of nitrogens with two attached hydrogens (primary N) is 2. The first-order valence-corrected chi connectivity index (χ1v) is 19.6. The molecule has 296 valence electrons. The summed E-state index contributed by atoms with van der Waals surface area (Å²) >= 11 is 0.973. The number of aliphatic carboxylic acids is 1. The average Bonchev–Trinajstić information content (AvgIpc) is 3.82. The number of hydroxylamine groups is 2. The molecule has 3 aromatic rings. The summed E-state index contributed by atoms with van der Waals surface area (Å²) in [5, 5.41) is 18.8. The molecule has 5 heterocycles. The molecule has 2 aromatic heterocycles. The van der Waals surface area contributed by atoms with Gasteiger partial charge in [0.1, 0.15) is 23.7 Å². The van der Waals surface area contributed by atoms with Gasteiger partial charge in [-0.05, 0) is 51.1 Å². The Morgan fingerprint density at radius 3 is 2.51 bits per heavy atom. The molecule has 2 fully saturated rings. The summed E-state index contributed by atoms with van der Waals surface area (Å²) in [6.45, 7) is 7.41. The second kappa shape index (κ2) is 16.0. The molecule has 7 N–H and O–H groups in total. The number of aromatic nitrogens is 3. The van der Waals surface area contributed by atoms with Crippen LogP contribution < -0.4 is 26.2 Å². The van der Waals surface area contributed by atoms with Crippen LogP contribution in [-0.4, -0.2) is 105 Å². The minimum absolute atomic E-state index is 0.0448. The molecule has 0 aliphatic carbocycles. The Kier molecular flexibility index (Phi) is 11.5. The Bertz CT molecular complexity index is 2100. The van der Waals surface area contributed by atoms with Crippen LogP contribution in [0.15, 0.2) is 41.0 Å². The smallest absolute Gasteiger partial charge is 0.418 e. The fraction of sp³-hybridized carbons (Fsp3) is 0.485. The summed E-state index contributed by atoms with van der Waals surface area (Å²) in [4.78, 5) is 62.7. The molecule has 2 amide bonds. The molecule has 3 aliphatic heterocycles. The highest BCUT2D eigenvalue weighted by Gasteiger charge is 2.57. The van der Waals surface area contributed by atoms with Crippen LogP contribution in [0.4, 0.5) is 5.13 Å². The molecule has 55 heavy (non-hydrogen) atoms. The number of hydrogen-bond acceptors (Lipinski definition) is 15. The third kappa shape index (κ3) is 8.79. The van der Waals surface area contributed by atoms with Crippen LogP contribution in [0.1, 0.15) is 54.0 Å². The van der Waals surface area contributed by atoms with Gasteiger partial charge in [0.05, 0.1) is 36.7 Å². The molecule has 0 radical (unpaired) electrons. The van der Waals surface area contributed by atoms with E-state index in [1.807, 2.05) is 0 Å². The van der Waals surface area contributed by atoms with E-state index in [4.69, 9.17) is 25.6 Å². The zero-order valence-electron chi connectivity index (χ0n) is 30.0. The van der Waals surface area contributed by atoms with Crippen molar-refractivity contribution in [3.05, 3.63) is 58.4 Å². The second-order valence-electron chi connectivity index (χ2n) is 13.9. The van der Waals surface area contributed by atoms with E-state index < -0.39 is 64.4 Å². The zero-order chi connectivity index (χ0) is 39.7. The number of anilines is 1. The first-order chi connectivity index (χ1) is 26.0. The summed E-state index contributed by atoms with van der Waals surface area (Å²) in [5.74, 6) is -3.62. The maximum Gasteiger partial charge on any atom is 0.418 e. The fourth-order valence-electron chi connectivity index (χ4n) is 6.54. The molecule has 0 saturated carbocycles. The lowest BCUT2D eigenvalue weighted by Crippen LogP contribution is -2.68. The number of carboxylic acids is 1. The first kappa shape index (κ1) is 39.7. The number of ketones is 1. The third-order valence-electron chi connectivity index (χ3n) is 9.68. The molecule has 6 rings (SSSR count). The number of thiazole rings is 1. The Morgan fingerprint density at radius 2 is 1.93 bits per heavy atom. The monoisotopic (exact) mass is 804 g/mol. The van der Waals surface area contributed by atoms with Crippen LogP contribution in [0.5, 0.6) is 5.75 Å². The van der Waals surface area contributed by atoms with E-state index in [1.54, 1.807) is 17.0 Å². The van der Waals surface area contributed by atoms with Gasteiger partial charge >= 0.3 is 16.4 Å². The lowest BCUT2D eigenvalue weighted by atomic mass is 9.74. The highest BCUT2D eigenvalue weighted by atomic mass is 32.3. The minimum Gasteiger partial charge on any atom is -0.489 e. The number of Topliss-reactive ketones (excluding diaryl/α,β-unsaturated/α-hetero) is 1. The van der Waals surface area contributed by atoms with Gasteiger partial charge in [-0.25, -0.2) is 9.78 Å². The van der Waals surface area contributed by atoms with Gasteiger partial charge in [-0.3, -0.25) is 18.9 Å². The van der Waals surface area contributed by atoms with Gasteiger partial charge in [0.2, 0.25) is 6.20 Å². The summed E-state index contributed by atoms with van der Waals surface area (Å²) in [7, 11) is -5.01. The number of nitrogen functional groups attached to an aromatic ring is 1. The third-order valence-corrected chi connectivity index (χ3v) is 10.7. The summed E-state index contributed by atoms with van der Waals surface area (Å²) < 4.78 is 45.8. The summed E-state index contributed by atoms with van der Waals surface area (Å²) in [6, 6.07) is 6.22. The number of ether oxygens (including phenoxy) is 1. The van der Waals surface area contributed by atoms with Gasteiger partial charge in [0.25, 0.3) is 17.9 Å². The zero-order valence-corrected chi connectivity index (χ0v) is 31.6. The van der Waals surface area contributed by atoms with Crippen molar-refractivity contribution in [1.29, 1.82) is 0 Å². The molecular formula is C33H42N9O11S2+. The van der Waals surface area contributed by atoms with E-state index in [1.165, 1.54) is 31.4 Å². The summed E-state index contributed by atoms with van der Waals surface area (Å²) in [5.41, 5.74) is 12.3. The van der Waals surface area contributed by atoms with Gasteiger partial charge in [-0.15, -0.1) is 20.3 Å². The average molecular weight is 805 g/mol. The minimum atomic E-state index is -5.01. The van der Waals surface area contributed by atoms with Crippen LogP contribution >= 0.6 is 11.3 Å². The van der Waals surface area contributed by atoms with E-state index in [9.17, 15) is 32.7 Å². The molecule has 22 heteroatoms. The predicted octanol–water partition coefficient (Wildman–Crippen LogP) is -0.278. The maximum atomic E-state index is 13.5. The quantitative estimate of drug-likeness (QED) is 0.0364. The normalized spacial score (nSPS) is 18.7. The highest BCUT2D eigenvalue weighted by molar-refractivity contribution is 7.80. The number of carbonyl (C=O) groups excluding carboxylic acids is 3. The maximum absolute atomic E-state index is 13.5. The molecule has 0 spiro atoms. The number of fused-ring (bicyclic) bond motifs is 1. The number of carboxylic acid groups (broad SMARTS) is 1. The molecule has 1 aromatic carbocycles. The van der Waals surface area contributed by atoms with E-state index in [2.05, 4.69) is 35.3 Å². The Hall–Kier alpha value is -5.00. The van der Waals surface area contributed by atoms with Crippen molar-refractivity contribution in [2.75, 3.05) is 32.0 Å².